The van der Waals surface area contributed by atoms with Crippen molar-refractivity contribution in [3.63, 3.8) is 0 Å². The van der Waals surface area contributed by atoms with Crippen molar-refractivity contribution < 1.29 is 19.1 Å². The number of aromatic nitrogens is 2. The van der Waals surface area contributed by atoms with Crippen LogP contribution in [0.3, 0.4) is 0 Å². The van der Waals surface area contributed by atoms with Crippen molar-refractivity contribution in [1.29, 1.82) is 0 Å². The maximum absolute atomic E-state index is 11.5. The quantitative estimate of drug-likeness (QED) is 0.562. The van der Waals surface area contributed by atoms with Gasteiger partial charge < -0.3 is 24.8 Å². The molecule has 0 fully saturated rings. The second-order valence-corrected chi connectivity index (χ2v) is 4.01. The van der Waals surface area contributed by atoms with Gasteiger partial charge in [-0.05, 0) is 12.1 Å². The first-order valence-corrected chi connectivity index (χ1v) is 6.06. The molecule has 0 bridgehead atoms. The van der Waals surface area contributed by atoms with E-state index in [0.29, 0.717) is 11.0 Å². The number of hydrogen-bond donors (Lipinski definition) is 3. The van der Waals surface area contributed by atoms with Gasteiger partial charge in [-0.1, -0.05) is 6.58 Å². The first-order valence-electron chi connectivity index (χ1n) is 6.06. The molecule has 2 aromatic rings. The number of ether oxygens (including phenoxy) is 2. The van der Waals surface area contributed by atoms with Crippen LogP contribution in [0.2, 0.25) is 0 Å². The second-order valence-electron chi connectivity index (χ2n) is 4.01. The minimum atomic E-state index is -0.710. The molecule has 3 N–H and O–H groups in total. The smallest absolute Gasteiger partial charge is 0.412 e. The van der Waals surface area contributed by atoms with Crippen molar-refractivity contribution in [2.75, 3.05) is 6.54 Å². The van der Waals surface area contributed by atoms with Gasteiger partial charge in [-0.2, -0.15) is 0 Å². The maximum Gasteiger partial charge on any atom is 0.412 e. The second kappa shape index (κ2) is 6.42. The highest BCUT2D eigenvalue weighted by atomic mass is 16.6. The van der Waals surface area contributed by atoms with E-state index in [2.05, 4.69) is 26.6 Å². The van der Waals surface area contributed by atoms with E-state index in [1.165, 1.54) is 12.1 Å². The lowest BCUT2D eigenvalue weighted by Crippen LogP contribution is -2.29. The Morgan fingerprint density at radius 1 is 1.29 bits per heavy atom. The van der Waals surface area contributed by atoms with Gasteiger partial charge in [-0.15, -0.1) is 0 Å². The Bertz CT molecular complexity index is 731. The summed E-state index contributed by atoms with van der Waals surface area (Å²) in [6.07, 6.45) is 0.317. The van der Waals surface area contributed by atoms with Crippen LogP contribution in [0.5, 0.6) is 5.75 Å². The summed E-state index contributed by atoms with van der Waals surface area (Å²) in [7, 11) is 0. The van der Waals surface area contributed by atoms with Gasteiger partial charge in [0.05, 0.1) is 23.7 Å². The molecule has 1 heterocycles. The van der Waals surface area contributed by atoms with Crippen LogP contribution in [0.15, 0.2) is 35.8 Å². The molecule has 1 amide bonds. The summed E-state index contributed by atoms with van der Waals surface area (Å²) in [6.45, 7) is 3.32. The monoisotopic (exact) mass is 291 g/mol. The number of carbonyl (C=O) groups is 2. The Morgan fingerprint density at radius 2 is 2.05 bits per heavy atom. The van der Waals surface area contributed by atoms with Gasteiger partial charge in [0.15, 0.2) is 0 Å². The number of carbonyl (C=O) groups excluding carboxylic acids is 2. The minimum Gasteiger partial charge on any atom is -0.435 e. The lowest BCUT2D eigenvalue weighted by atomic mass is 10.3. The molecule has 0 unspecified atom stereocenters. The SMILES string of the molecule is C=COC(=O)CCNC(=O)Oc1ccc2[nH]c(=O)[nH]c2c1. The van der Waals surface area contributed by atoms with Crippen LogP contribution in [0.1, 0.15) is 6.42 Å². The normalized spacial score (nSPS) is 10.1. The number of imidazole rings is 1. The number of rotatable bonds is 5. The molecule has 110 valence electrons. The van der Waals surface area contributed by atoms with E-state index in [9.17, 15) is 14.4 Å². The molecule has 0 saturated heterocycles. The first-order chi connectivity index (χ1) is 10.1. The lowest BCUT2D eigenvalue weighted by molar-refractivity contribution is -0.137. The summed E-state index contributed by atoms with van der Waals surface area (Å²) < 4.78 is 9.50. The minimum absolute atomic E-state index is 0.00524. The van der Waals surface area contributed by atoms with Gasteiger partial charge in [-0.3, -0.25) is 4.79 Å². The molecule has 21 heavy (non-hydrogen) atoms. The summed E-state index contributed by atoms with van der Waals surface area (Å²) in [6, 6.07) is 4.66. The average molecular weight is 291 g/mol. The summed E-state index contributed by atoms with van der Waals surface area (Å²) in [5.41, 5.74) is 0.798. The van der Waals surface area contributed by atoms with Crippen molar-refractivity contribution in [3.05, 3.63) is 41.5 Å². The van der Waals surface area contributed by atoms with Crippen LogP contribution in [0.25, 0.3) is 11.0 Å². The summed E-state index contributed by atoms with van der Waals surface area (Å²) in [4.78, 5) is 38.7. The van der Waals surface area contributed by atoms with Crippen LogP contribution in [-0.2, 0) is 9.53 Å². The predicted molar refractivity (Wildman–Crippen MR) is 73.9 cm³/mol. The van der Waals surface area contributed by atoms with E-state index in [-0.39, 0.29) is 24.4 Å². The number of fused-ring (bicyclic) bond motifs is 1. The van der Waals surface area contributed by atoms with Gasteiger partial charge >= 0.3 is 17.8 Å². The Balaban J connectivity index is 1.87. The molecule has 0 aliphatic heterocycles. The van der Waals surface area contributed by atoms with E-state index in [4.69, 9.17) is 4.74 Å². The highest BCUT2D eigenvalue weighted by Gasteiger charge is 2.07. The third kappa shape index (κ3) is 3.96. The third-order valence-electron chi connectivity index (χ3n) is 2.51. The molecule has 2 rings (SSSR count). The number of esters is 1. The number of amides is 1. The Hall–Kier alpha value is -3.03. The van der Waals surface area contributed by atoms with Crippen LogP contribution < -0.4 is 15.7 Å². The number of aromatic amines is 2. The van der Waals surface area contributed by atoms with Gasteiger partial charge in [-0.25, -0.2) is 9.59 Å². The fourth-order valence-electron chi connectivity index (χ4n) is 1.64. The number of hydrogen-bond acceptors (Lipinski definition) is 5. The van der Waals surface area contributed by atoms with Crippen LogP contribution >= 0.6 is 0 Å². The molecule has 0 atom stereocenters. The molecular weight excluding hydrogens is 278 g/mol. The molecule has 0 saturated carbocycles. The van der Waals surface area contributed by atoms with Crippen molar-refractivity contribution in [2.24, 2.45) is 0 Å². The molecular formula is C13H13N3O5. The average Bonchev–Trinajstić information content (AvgIpc) is 2.78. The molecule has 8 nitrogen and oxygen atoms in total. The number of nitrogens with one attached hydrogen (secondary N) is 3. The zero-order chi connectivity index (χ0) is 15.2. The predicted octanol–water partition coefficient (Wildman–Crippen LogP) is 1.02. The Morgan fingerprint density at radius 3 is 2.81 bits per heavy atom. The van der Waals surface area contributed by atoms with E-state index in [1.807, 2.05) is 0 Å². The topological polar surface area (TPSA) is 113 Å². The van der Waals surface area contributed by atoms with E-state index in [1.54, 1.807) is 6.07 Å². The van der Waals surface area contributed by atoms with E-state index in [0.717, 1.165) is 6.26 Å². The van der Waals surface area contributed by atoms with Crippen molar-refractivity contribution in [1.82, 2.24) is 15.3 Å². The van der Waals surface area contributed by atoms with Gasteiger partial charge in [0.25, 0.3) is 0 Å². The van der Waals surface area contributed by atoms with Gasteiger partial charge in [0.1, 0.15) is 5.75 Å². The van der Waals surface area contributed by atoms with Crippen molar-refractivity contribution >= 4 is 23.1 Å². The lowest BCUT2D eigenvalue weighted by Gasteiger charge is -2.06. The zero-order valence-corrected chi connectivity index (χ0v) is 11.0. The fraction of sp³-hybridized carbons (Fsp3) is 0.154. The summed E-state index contributed by atoms with van der Waals surface area (Å²) in [5.74, 6) is -0.236. The zero-order valence-electron chi connectivity index (χ0n) is 11.0. The summed E-state index contributed by atoms with van der Waals surface area (Å²) >= 11 is 0. The first kappa shape index (κ1) is 14.4. The van der Waals surface area contributed by atoms with Crippen LogP contribution in [-0.4, -0.2) is 28.6 Å². The standard InChI is InChI=1S/C13H13N3O5/c1-2-20-11(17)5-6-14-13(19)21-8-3-4-9-10(7-8)16-12(18)15-9/h2-4,7H,1,5-6H2,(H,14,19)(H2,15,16,18). The maximum atomic E-state index is 11.5. The third-order valence-corrected chi connectivity index (χ3v) is 2.51. The summed E-state index contributed by atoms with van der Waals surface area (Å²) in [5, 5.41) is 2.40. The largest absolute Gasteiger partial charge is 0.435 e. The highest BCUT2D eigenvalue weighted by molar-refractivity contribution is 5.78. The van der Waals surface area contributed by atoms with E-state index < -0.39 is 12.1 Å². The Kier molecular flexibility index (Phi) is 4.39. The molecule has 0 aliphatic rings. The molecule has 0 radical (unpaired) electrons. The fourth-order valence-corrected chi connectivity index (χ4v) is 1.64. The molecule has 0 aliphatic carbocycles. The van der Waals surface area contributed by atoms with Crippen LogP contribution in [0.4, 0.5) is 4.79 Å². The van der Waals surface area contributed by atoms with Crippen molar-refractivity contribution in [2.45, 2.75) is 6.42 Å². The number of benzene rings is 1. The van der Waals surface area contributed by atoms with Gasteiger partial charge in [0.2, 0.25) is 0 Å². The number of H-pyrrole nitrogens is 2. The molecule has 8 heteroatoms. The molecule has 0 spiro atoms. The van der Waals surface area contributed by atoms with Crippen molar-refractivity contribution in [3.8, 4) is 5.75 Å². The highest BCUT2D eigenvalue weighted by Crippen LogP contribution is 2.16. The van der Waals surface area contributed by atoms with E-state index >= 15 is 0 Å². The molecule has 1 aromatic carbocycles. The van der Waals surface area contributed by atoms with Crippen LogP contribution in [0, 0.1) is 0 Å². The van der Waals surface area contributed by atoms with Gasteiger partial charge in [0, 0.05) is 12.6 Å². The molecule has 1 aromatic heterocycles. The Labute approximate surface area is 118 Å².